The highest BCUT2D eigenvalue weighted by Gasteiger charge is 2.17. The predicted octanol–water partition coefficient (Wildman–Crippen LogP) is 3.40. The van der Waals surface area contributed by atoms with E-state index in [1.807, 2.05) is 13.1 Å². The van der Waals surface area contributed by atoms with Gasteiger partial charge in [0.15, 0.2) is 0 Å². The summed E-state index contributed by atoms with van der Waals surface area (Å²) >= 11 is 0. The normalized spacial score (nSPS) is 12.6. The van der Waals surface area contributed by atoms with Gasteiger partial charge in [-0.3, -0.25) is 4.68 Å². The highest BCUT2D eigenvalue weighted by molar-refractivity contribution is 5.76. The van der Waals surface area contributed by atoms with Crippen LogP contribution in [0.3, 0.4) is 0 Å². The maximum atomic E-state index is 13.4. The summed E-state index contributed by atoms with van der Waals surface area (Å²) in [5.74, 6) is 0.862. The molecule has 0 fully saturated rings. The van der Waals surface area contributed by atoms with Gasteiger partial charge >= 0.3 is 0 Å². The summed E-state index contributed by atoms with van der Waals surface area (Å²) in [5, 5.41) is 4.47. The standard InChI is InChI=1S/C15H20FN3/c1-4-10(2)8-13-14(15(17)19(3)18-13)11-6-5-7-12(16)9-11/h5-7,9-10H,4,8,17H2,1-3H3. The zero-order valence-corrected chi connectivity index (χ0v) is 11.7. The van der Waals surface area contributed by atoms with Gasteiger partial charge < -0.3 is 5.73 Å². The van der Waals surface area contributed by atoms with Crippen molar-refractivity contribution in [2.75, 3.05) is 5.73 Å². The molecule has 2 N–H and O–H groups in total. The van der Waals surface area contributed by atoms with Crippen molar-refractivity contribution in [3.05, 3.63) is 35.8 Å². The quantitative estimate of drug-likeness (QED) is 0.916. The fourth-order valence-corrected chi connectivity index (χ4v) is 2.17. The van der Waals surface area contributed by atoms with Crippen molar-refractivity contribution in [2.45, 2.75) is 26.7 Å². The van der Waals surface area contributed by atoms with Crippen LogP contribution in [0.4, 0.5) is 10.2 Å². The highest BCUT2D eigenvalue weighted by atomic mass is 19.1. The molecule has 3 nitrogen and oxygen atoms in total. The number of nitrogen functional groups attached to an aromatic ring is 1. The first-order valence-electron chi connectivity index (χ1n) is 6.60. The maximum Gasteiger partial charge on any atom is 0.129 e. The summed E-state index contributed by atoms with van der Waals surface area (Å²) in [4.78, 5) is 0. The highest BCUT2D eigenvalue weighted by Crippen LogP contribution is 2.31. The van der Waals surface area contributed by atoms with E-state index < -0.39 is 0 Å². The largest absolute Gasteiger partial charge is 0.383 e. The van der Waals surface area contributed by atoms with Crippen molar-refractivity contribution in [1.29, 1.82) is 0 Å². The molecule has 0 bridgehead atoms. The van der Waals surface area contributed by atoms with Crippen LogP contribution in [-0.2, 0) is 13.5 Å². The third-order valence-corrected chi connectivity index (χ3v) is 3.52. The van der Waals surface area contributed by atoms with Gasteiger partial charge in [-0.05, 0) is 30.0 Å². The molecule has 2 rings (SSSR count). The third-order valence-electron chi connectivity index (χ3n) is 3.52. The Morgan fingerprint density at radius 3 is 2.79 bits per heavy atom. The minimum atomic E-state index is -0.254. The van der Waals surface area contributed by atoms with E-state index in [2.05, 4.69) is 18.9 Å². The molecule has 0 aliphatic rings. The molecule has 0 radical (unpaired) electrons. The molecule has 0 saturated carbocycles. The fourth-order valence-electron chi connectivity index (χ4n) is 2.17. The van der Waals surface area contributed by atoms with Crippen LogP contribution in [0.1, 0.15) is 26.0 Å². The molecule has 0 aliphatic heterocycles. The molecule has 1 aromatic heterocycles. The summed E-state index contributed by atoms with van der Waals surface area (Å²) < 4.78 is 15.0. The number of aryl methyl sites for hydroxylation is 1. The molecule has 19 heavy (non-hydrogen) atoms. The van der Waals surface area contributed by atoms with Crippen molar-refractivity contribution in [1.82, 2.24) is 9.78 Å². The van der Waals surface area contributed by atoms with Gasteiger partial charge in [-0.15, -0.1) is 0 Å². The first kappa shape index (κ1) is 13.6. The van der Waals surface area contributed by atoms with Crippen LogP contribution in [0.25, 0.3) is 11.1 Å². The Hall–Kier alpha value is -1.84. The molecule has 0 amide bonds. The lowest BCUT2D eigenvalue weighted by Gasteiger charge is -2.08. The number of nitrogens with zero attached hydrogens (tertiary/aromatic N) is 2. The Bertz CT molecular complexity index is 575. The average molecular weight is 261 g/mol. The van der Waals surface area contributed by atoms with E-state index in [9.17, 15) is 4.39 Å². The molecular formula is C15H20FN3. The molecule has 1 heterocycles. The van der Waals surface area contributed by atoms with E-state index in [4.69, 9.17) is 5.73 Å². The number of aromatic nitrogens is 2. The molecule has 0 saturated heterocycles. The number of hydrogen-bond donors (Lipinski definition) is 1. The van der Waals surface area contributed by atoms with E-state index in [1.54, 1.807) is 10.7 Å². The van der Waals surface area contributed by atoms with Crippen LogP contribution in [0.2, 0.25) is 0 Å². The summed E-state index contributed by atoms with van der Waals surface area (Å²) in [7, 11) is 1.82. The Balaban J connectivity index is 2.49. The van der Waals surface area contributed by atoms with Gasteiger partial charge in [0.1, 0.15) is 11.6 Å². The third kappa shape index (κ3) is 2.78. The number of nitrogens with two attached hydrogens (primary N) is 1. The number of halogens is 1. The van der Waals surface area contributed by atoms with E-state index in [0.717, 1.165) is 29.7 Å². The first-order valence-corrected chi connectivity index (χ1v) is 6.60. The number of benzene rings is 1. The topological polar surface area (TPSA) is 43.8 Å². The van der Waals surface area contributed by atoms with Crippen molar-refractivity contribution >= 4 is 5.82 Å². The van der Waals surface area contributed by atoms with Crippen molar-refractivity contribution in [2.24, 2.45) is 13.0 Å². The van der Waals surface area contributed by atoms with Crippen LogP contribution in [0.15, 0.2) is 24.3 Å². The van der Waals surface area contributed by atoms with Crippen LogP contribution < -0.4 is 5.73 Å². The Kier molecular flexibility index (Phi) is 3.88. The Labute approximate surface area is 113 Å². The smallest absolute Gasteiger partial charge is 0.129 e. The molecule has 0 spiro atoms. The Morgan fingerprint density at radius 2 is 2.16 bits per heavy atom. The summed E-state index contributed by atoms with van der Waals surface area (Å²) in [6.07, 6.45) is 1.94. The van der Waals surface area contributed by atoms with Crippen LogP contribution >= 0.6 is 0 Å². The van der Waals surface area contributed by atoms with Crippen LogP contribution in [0, 0.1) is 11.7 Å². The number of hydrogen-bond acceptors (Lipinski definition) is 2. The van der Waals surface area contributed by atoms with E-state index >= 15 is 0 Å². The van der Waals surface area contributed by atoms with Crippen molar-refractivity contribution in [3.63, 3.8) is 0 Å². The van der Waals surface area contributed by atoms with E-state index in [0.29, 0.717) is 11.7 Å². The maximum absolute atomic E-state index is 13.4. The average Bonchev–Trinajstić information content (AvgIpc) is 2.64. The summed E-state index contributed by atoms with van der Waals surface area (Å²) in [5.41, 5.74) is 8.68. The molecular weight excluding hydrogens is 241 g/mol. The fraction of sp³-hybridized carbons (Fsp3) is 0.400. The SMILES string of the molecule is CCC(C)Cc1nn(C)c(N)c1-c1cccc(F)c1. The zero-order valence-electron chi connectivity index (χ0n) is 11.7. The molecule has 102 valence electrons. The molecule has 1 aromatic carbocycles. The van der Waals surface area contributed by atoms with Gasteiger partial charge in [0, 0.05) is 12.6 Å². The monoisotopic (exact) mass is 261 g/mol. The van der Waals surface area contributed by atoms with Crippen LogP contribution in [-0.4, -0.2) is 9.78 Å². The second-order valence-electron chi connectivity index (χ2n) is 5.06. The molecule has 2 aromatic rings. The van der Waals surface area contributed by atoms with Gasteiger partial charge in [0.2, 0.25) is 0 Å². The van der Waals surface area contributed by atoms with E-state index in [1.165, 1.54) is 12.1 Å². The Morgan fingerprint density at radius 1 is 1.42 bits per heavy atom. The molecule has 0 aliphatic carbocycles. The molecule has 1 unspecified atom stereocenters. The summed E-state index contributed by atoms with van der Waals surface area (Å²) in [6, 6.07) is 6.51. The van der Waals surface area contributed by atoms with Gasteiger partial charge in [0.25, 0.3) is 0 Å². The zero-order chi connectivity index (χ0) is 14.0. The van der Waals surface area contributed by atoms with Crippen molar-refractivity contribution < 1.29 is 4.39 Å². The second kappa shape index (κ2) is 5.43. The lowest BCUT2D eigenvalue weighted by atomic mass is 9.97. The van der Waals surface area contributed by atoms with Gasteiger partial charge in [-0.1, -0.05) is 32.4 Å². The first-order chi connectivity index (χ1) is 9.02. The number of anilines is 1. The van der Waals surface area contributed by atoms with Gasteiger partial charge in [0.05, 0.1) is 5.69 Å². The summed E-state index contributed by atoms with van der Waals surface area (Å²) in [6.45, 7) is 4.33. The van der Waals surface area contributed by atoms with Crippen LogP contribution in [0.5, 0.6) is 0 Å². The lowest BCUT2D eigenvalue weighted by molar-refractivity contribution is 0.547. The lowest BCUT2D eigenvalue weighted by Crippen LogP contribution is -2.00. The van der Waals surface area contributed by atoms with E-state index in [-0.39, 0.29) is 5.82 Å². The minimum Gasteiger partial charge on any atom is -0.383 e. The predicted molar refractivity (Wildman–Crippen MR) is 76.2 cm³/mol. The van der Waals surface area contributed by atoms with Gasteiger partial charge in [-0.2, -0.15) is 5.10 Å². The van der Waals surface area contributed by atoms with Crippen molar-refractivity contribution in [3.8, 4) is 11.1 Å². The minimum absolute atomic E-state index is 0.254. The van der Waals surface area contributed by atoms with Gasteiger partial charge in [-0.25, -0.2) is 4.39 Å². The number of rotatable bonds is 4. The second-order valence-corrected chi connectivity index (χ2v) is 5.06. The molecule has 1 atom stereocenters. The molecule has 4 heteroatoms.